The van der Waals surface area contributed by atoms with Crippen molar-refractivity contribution in [3.05, 3.63) is 0 Å². The van der Waals surface area contributed by atoms with Crippen molar-refractivity contribution < 1.29 is 23.8 Å². The number of hydrogen-bond donors (Lipinski definition) is 1. The van der Waals surface area contributed by atoms with Gasteiger partial charge in [-0.1, -0.05) is 0 Å². The number of amides is 1. The molecule has 6 heteroatoms. The van der Waals surface area contributed by atoms with Gasteiger partial charge in [-0.25, -0.2) is 14.0 Å². The molecular formula is C12H18FNO4. The number of piperidine rings is 1. The van der Waals surface area contributed by atoms with E-state index in [0.29, 0.717) is 6.42 Å². The number of carbonyl (C=O) groups is 2. The number of carbonyl (C=O) groups excluding carboxylic acids is 1. The molecule has 0 aromatic rings. The molecule has 1 aliphatic heterocycles. The molecule has 2 rings (SSSR count). The minimum absolute atomic E-state index is 0.223. The van der Waals surface area contributed by atoms with E-state index in [1.807, 2.05) is 0 Å². The second-order valence-electron chi connectivity index (χ2n) is 5.99. The summed E-state index contributed by atoms with van der Waals surface area (Å²) in [5.41, 5.74) is -0.715. The number of aliphatic carboxylic acids is 1. The molecule has 1 saturated heterocycles. The Kier molecular flexibility index (Phi) is 2.99. The second kappa shape index (κ2) is 4.10. The lowest BCUT2D eigenvalue weighted by Crippen LogP contribution is -2.53. The largest absolute Gasteiger partial charge is 0.480 e. The third-order valence-electron chi connectivity index (χ3n) is 3.45. The van der Waals surface area contributed by atoms with Crippen LogP contribution in [0.5, 0.6) is 0 Å². The van der Waals surface area contributed by atoms with Gasteiger partial charge in [0, 0.05) is 0 Å². The molecular weight excluding hydrogens is 241 g/mol. The van der Waals surface area contributed by atoms with E-state index in [4.69, 9.17) is 9.84 Å². The van der Waals surface area contributed by atoms with Gasteiger partial charge in [0.2, 0.25) is 0 Å². The number of halogens is 1. The molecule has 4 atom stereocenters. The van der Waals surface area contributed by atoms with E-state index in [0.717, 1.165) is 4.90 Å². The predicted molar refractivity (Wildman–Crippen MR) is 60.9 cm³/mol. The maximum Gasteiger partial charge on any atom is 0.411 e. The lowest BCUT2D eigenvalue weighted by Gasteiger charge is -2.35. The average Bonchev–Trinajstić information content (AvgIpc) is 2.69. The van der Waals surface area contributed by atoms with Gasteiger partial charge < -0.3 is 9.84 Å². The van der Waals surface area contributed by atoms with Gasteiger partial charge in [-0.3, -0.25) is 4.90 Å². The maximum absolute atomic E-state index is 13.7. The van der Waals surface area contributed by atoms with Crippen LogP contribution in [0.2, 0.25) is 0 Å². The summed E-state index contributed by atoms with van der Waals surface area (Å²) < 4.78 is 18.8. The summed E-state index contributed by atoms with van der Waals surface area (Å²) in [7, 11) is 0. The molecule has 1 aliphatic carbocycles. The summed E-state index contributed by atoms with van der Waals surface area (Å²) in [5.74, 6) is -1.38. The Balaban J connectivity index is 2.19. The number of carboxylic acids is 1. The van der Waals surface area contributed by atoms with E-state index in [2.05, 4.69) is 0 Å². The quantitative estimate of drug-likeness (QED) is 0.779. The molecule has 2 bridgehead atoms. The van der Waals surface area contributed by atoms with Crippen molar-refractivity contribution in [1.29, 1.82) is 0 Å². The summed E-state index contributed by atoms with van der Waals surface area (Å²) in [6, 6.07) is -1.59. The molecule has 0 aromatic heterocycles. The minimum atomic E-state index is -1.14. The fourth-order valence-electron chi connectivity index (χ4n) is 2.86. The van der Waals surface area contributed by atoms with Crippen LogP contribution in [0, 0.1) is 5.92 Å². The Morgan fingerprint density at radius 1 is 1.33 bits per heavy atom. The molecule has 102 valence electrons. The van der Waals surface area contributed by atoms with E-state index in [-0.39, 0.29) is 12.3 Å². The number of rotatable bonds is 1. The third kappa shape index (κ3) is 2.15. The summed E-state index contributed by atoms with van der Waals surface area (Å²) in [6.07, 6.45) is -1.24. The van der Waals surface area contributed by atoms with Crippen LogP contribution in [0.25, 0.3) is 0 Å². The number of ether oxygens (including phenoxy) is 1. The molecule has 1 N–H and O–H groups in total. The molecule has 0 spiro atoms. The van der Waals surface area contributed by atoms with Crippen molar-refractivity contribution in [2.75, 3.05) is 0 Å². The lowest BCUT2D eigenvalue weighted by atomic mass is 9.98. The highest BCUT2D eigenvalue weighted by molar-refractivity contribution is 5.82. The first-order chi connectivity index (χ1) is 8.20. The van der Waals surface area contributed by atoms with Gasteiger partial charge >= 0.3 is 12.1 Å². The summed E-state index contributed by atoms with van der Waals surface area (Å²) in [6.45, 7) is 5.09. The van der Waals surface area contributed by atoms with Crippen LogP contribution in [0.1, 0.15) is 33.6 Å². The molecule has 5 nitrogen and oxygen atoms in total. The highest BCUT2D eigenvalue weighted by Gasteiger charge is 2.57. The van der Waals surface area contributed by atoms with Crippen molar-refractivity contribution in [2.24, 2.45) is 5.92 Å². The smallest absolute Gasteiger partial charge is 0.411 e. The fourth-order valence-corrected chi connectivity index (χ4v) is 2.86. The average molecular weight is 259 g/mol. The fraction of sp³-hybridized carbons (Fsp3) is 0.833. The number of fused-ring (bicyclic) bond motifs is 2. The normalized spacial score (nSPS) is 34.8. The maximum atomic E-state index is 13.7. The topological polar surface area (TPSA) is 66.8 Å². The van der Waals surface area contributed by atoms with Crippen LogP contribution >= 0.6 is 0 Å². The highest BCUT2D eigenvalue weighted by atomic mass is 19.1. The third-order valence-corrected chi connectivity index (χ3v) is 3.45. The zero-order valence-corrected chi connectivity index (χ0v) is 10.7. The monoisotopic (exact) mass is 259 g/mol. The predicted octanol–water partition coefficient (Wildman–Crippen LogP) is 1.81. The minimum Gasteiger partial charge on any atom is -0.480 e. The summed E-state index contributed by atoms with van der Waals surface area (Å²) in [5, 5.41) is 9.17. The van der Waals surface area contributed by atoms with Crippen LogP contribution in [0.4, 0.5) is 9.18 Å². The Labute approximate surface area is 105 Å². The van der Waals surface area contributed by atoms with Crippen LogP contribution < -0.4 is 0 Å². The number of carboxylic acid groups (broad SMARTS) is 1. The number of nitrogens with zero attached hydrogens (tertiary/aromatic N) is 1. The van der Waals surface area contributed by atoms with E-state index in [9.17, 15) is 14.0 Å². The molecule has 0 aromatic carbocycles. The number of likely N-dealkylation sites (tertiary alicyclic amines) is 1. The van der Waals surface area contributed by atoms with E-state index >= 15 is 0 Å². The molecule has 2 fully saturated rings. The Morgan fingerprint density at radius 3 is 2.44 bits per heavy atom. The van der Waals surface area contributed by atoms with Crippen molar-refractivity contribution in [1.82, 2.24) is 4.90 Å². The molecule has 1 heterocycles. The van der Waals surface area contributed by atoms with Crippen molar-refractivity contribution in [2.45, 2.75) is 57.5 Å². The molecule has 0 radical (unpaired) electrons. The van der Waals surface area contributed by atoms with Gasteiger partial charge in [-0.05, 0) is 39.5 Å². The Bertz CT molecular complexity index is 379. The standard InChI is InChI=1S/C12H18FNO4/c1-12(2,3)18-11(17)14-8-5-6(4-7(8)13)9(14)10(15)16/h6-9H,4-5H2,1-3H3,(H,15,16)/t6-,7?,8+,9?/m0/s1. The van der Waals surface area contributed by atoms with Gasteiger partial charge in [0.05, 0.1) is 6.04 Å². The lowest BCUT2D eigenvalue weighted by molar-refractivity contribution is -0.145. The molecule has 2 unspecified atom stereocenters. The van der Waals surface area contributed by atoms with Gasteiger partial charge in [-0.15, -0.1) is 0 Å². The Hall–Kier alpha value is -1.33. The van der Waals surface area contributed by atoms with Gasteiger partial charge in [0.1, 0.15) is 17.8 Å². The van der Waals surface area contributed by atoms with Crippen LogP contribution in [0.15, 0.2) is 0 Å². The van der Waals surface area contributed by atoms with E-state index < -0.39 is 35.9 Å². The first-order valence-corrected chi connectivity index (χ1v) is 6.09. The van der Waals surface area contributed by atoms with E-state index in [1.54, 1.807) is 20.8 Å². The van der Waals surface area contributed by atoms with Crippen LogP contribution in [-0.2, 0) is 9.53 Å². The summed E-state index contributed by atoms with van der Waals surface area (Å²) in [4.78, 5) is 24.3. The van der Waals surface area contributed by atoms with Crippen LogP contribution in [0.3, 0.4) is 0 Å². The van der Waals surface area contributed by atoms with Gasteiger partial charge in [0.15, 0.2) is 0 Å². The zero-order valence-electron chi connectivity index (χ0n) is 10.7. The number of hydrogen-bond acceptors (Lipinski definition) is 3. The van der Waals surface area contributed by atoms with Gasteiger partial charge in [-0.2, -0.15) is 0 Å². The first kappa shape index (κ1) is 13.1. The molecule has 18 heavy (non-hydrogen) atoms. The van der Waals surface area contributed by atoms with Crippen molar-refractivity contribution in [3.8, 4) is 0 Å². The van der Waals surface area contributed by atoms with Crippen LogP contribution in [-0.4, -0.2) is 45.9 Å². The molecule has 2 aliphatic rings. The second-order valence-corrected chi connectivity index (χ2v) is 5.99. The Morgan fingerprint density at radius 2 is 1.94 bits per heavy atom. The molecule has 1 amide bonds. The SMILES string of the molecule is CC(C)(C)OC(=O)N1C(C(=O)O)[C@H]2CC(F)[C@H]1C2. The number of alkyl halides is 1. The van der Waals surface area contributed by atoms with Gasteiger partial charge in [0.25, 0.3) is 0 Å². The summed E-state index contributed by atoms with van der Waals surface area (Å²) >= 11 is 0. The highest BCUT2D eigenvalue weighted by Crippen LogP contribution is 2.44. The molecule has 1 saturated carbocycles. The van der Waals surface area contributed by atoms with E-state index in [1.165, 1.54) is 0 Å². The van der Waals surface area contributed by atoms with Crippen molar-refractivity contribution >= 4 is 12.1 Å². The van der Waals surface area contributed by atoms with Crippen molar-refractivity contribution in [3.63, 3.8) is 0 Å². The first-order valence-electron chi connectivity index (χ1n) is 6.09. The zero-order chi connectivity index (χ0) is 13.7.